The maximum Gasteiger partial charge on any atom is 0.264 e. The lowest BCUT2D eigenvalue weighted by atomic mass is 10.1. The van der Waals surface area contributed by atoms with Crippen molar-refractivity contribution in [2.24, 2.45) is 0 Å². The highest BCUT2D eigenvalue weighted by molar-refractivity contribution is 7.92. The number of carbonyl (C=O) groups is 1. The number of hydrogen-bond acceptors (Lipinski definition) is 4. The molecule has 1 N–H and O–H groups in total. The van der Waals surface area contributed by atoms with Crippen LogP contribution in [0.1, 0.15) is 16.7 Å². The molecule has 0 atom stereocenters. The molecule has 0 aliphatic rings. The SMILES string of the molecule is Cc1ccc(S(=O)(=O)N(C)c2ccc(CC(=O)Nc3cccc(C#N)c3)cc2)cc1. The molecule has 3 rings (SSSR count). The molecule has 0 aromatic heterocycles. The molecule has 0 saturated carbocycles. The molecule has 0 radical (unpaired) electrons. The summed E-state index contributed by atoms with van der Waals surface area (Å²) in [5.74, 6) is -0.224. The highest BCUT2D eigenvalue weighted by Crippen LogP contribution is 2.23. The van der Waals surface area contributed by atoms with Crippen molar-refractivity contribution < 1.29 is 13.2 Å². The average molecular weight is 420 g/mol. The highest BCUT2D eigenvalue weighted by Gasteiger charge is 2.21. The summed E-state index contributed by atoms with van der Waals surface area (Å²) in [4.78, 5) is 12.5. The zero-order valence-electron chi connectivity index (χ0n) is 16.7. The Bertz CT molecular complexity index is 1200. The minimum Gasteiger partial charge on any atom is -0.326 e. The average Bonchev–Trinajstić information content (AvgIpc) is 2.74. The Labute approximate surface area is 176 Å². The predicted octanol–water partition coefficient (Wildman–Crippen LogP) is 3.87. The van der Waals surface area contributed by atoms with Crippen LogP contribution in [0.2, 0.25) is 0 Å². The zero-order chi connectivity index (χ0) is 21.7. The number of aryl methyl sites for hydroxylation is 1. The predicted molar refractivity (Wildman–Crippen MR) is 117 cm³/mol. The molecule has 6 nitrogen and oxygen atoms in total. The van der Waals surface area contributed by atoms with Crippen molar-refractivity contribution in [1.29, 1.82) is 5.26 Å². The van der Waals surface area contributed by atoms with E-state index in [9.17, 15) is 13.2 Å². The van der Waals surface area contributed by atoms with Crippen molar-refractivity contribution in [3.63, 3.8) is 0 Å². The third-order valence-corrected chi connectivity index (χ3v) is 6.42. The van der Waals surface area contributed by atoms with Crippen LogP contribution in [0.4, 0.5) is 11.4 Å². The van der Waals surface area contributed by atoms with E-state index in [1.165, 1.54) is 11.4 Å². The normalized spacial score (nSPS) is 10.8. The number of amides is 1. The summed E-state index contributed by atoms with van der Waals surface area (Å²) in [6.45, 7) is 1.90. The summed E-state index contributed by atoms with van der Waals surface area (Å²) in [6, 6.07) is 22.2. The Hall–Kier alpha value is -3.63. The Morgan fingerprint density at radius 3 is 2.33 bits per heavy atom. The second-order valence-corrected chi connectivity index (χ2v) is 8.84. The monoisotopic (exact) mass is 419 g/mol. The fraction of sp³-hybridized carbons (Fsp3) is 0.130. The smallest absolute Gasteiger partial charge is 0.264 e. The molecule has 0 fully saturated rings. The van der Waals surface area contributed by atoms with E-state index >= 15 is 0 Å². The summed E-state index contributed by atoms with van der Waals surface area (Å²) >= 11 is 0. The Morgan fingerprint density at radius 1 is 1.03 bits per heavy atom. The standard InChI is InChI=1S/C23H21N3O3S/c1-17-6-12-22(13-7-17)30(28,29)26(2)21-10-8-18(9-11-21)15-23(27)25-20-5-3-4-19(14-20)16-24/h3-14H,15H2,1-2H3,(H,25,27). The molecule has 0 spiro atoms. The number of carbonyl (C=O) groups excluding carboxylic acids is 1. The van der Waals surface area contributed by atoms with E-state index < -0.39 is 10.0 Å². The first-order chi connectivity index (χ1) is 14.3. The summed E-state index contributed by atoms with van der Waals surface area (Å²) in [6.07, 6.45) is 0.130. The topological polar surface area (TPSA) is 90.3 Å². The number of sulfonamides is 1. The zero-order valence-corrected chi connectivity index (χ0v) is 17.5. The first-order valence-corrected chi connectivity index (χ1v) is 10.7. The van der Waals surface area contributed by atoms with Crippen molar-refractivity contribution in [3.05, 3.63) is 89.5 Å². The van der Waals surface area contributed by atoms with Gasteiger partial charge in [-0.05, 0) is 55.0 Å². The number of nitriles is 1. The van der Waals surface area contributed by atoms with Gasteiger partial charge in [0, 0.05) is 12.7 Å². The summed E-state index contributed by atoms with van der Waals surface area (Å²) in [5, 5.41) is 11.7. The van der Waals surface area contributed by atoms with Crippen LogP contribution in [0.25, 0.3) is 0 Å². The fourth-order valence-corrected chi connectivity index (χ4v) is 4.08. The van der Waals surface area contributed by atoms with Gasteiger partial charge in [0.1, 0.15) is 0 Å². The van der Waals surface area contributed by atoms with Crippen LogP contribution in [0.5, 0.6) is 0 Å². The molecule has 152 valence electrons. The Morgan fingerprint density at radius 2 is 1.70 bits per heavy atom. The molecule has 3 aromatic rings. The molecule has 7 heteroatoms. The first-order valence-electron chi connectivity index (χ1n) is 9.24. The molecule has 30 heavy (non-hydrogen) atoms. The van der Waals surface area contributed by atoms with E-state index in [2.05, 4.69) is 5.32 Å². The van der Waals surface area contributed by atoms with Gasteiger partial charge in [-0.15, -0.1) is 0 Å². The Balaban J connectivity index is 1.69. The van der Waals surface area contributed by atoms with E-state index in [0.717, 1.165) is 11.1 Å². The van der Waals surface area contributed by atoms with Gasteiger partial charge in [0.15, 0.2) is 0 Å². The van der Waals surface area contributed by atoms with E-state index in [0.29, 0.717) is 16.9 Å². The fourth-order valence-electron chi connectivity index (χ4n) is 2.89. The molecule has 1 amide bonds. The molecular formula is C23H21N3O3S. The number of anilines is 2. The minimum atomic E-state index is -3.66. The van der Waals surface area contributed by atoms with Crippen molar-refractivity contribution >= 4 is 27.3 Å². The lowest BCUT2D eigenvalue weighted by Gasteiger charge is -2.20. The van der Waals surface area contributed by atoms with Gasteiger partial charge in [0.2, 0.25) is 5.91 Å². The van der Waals surface area contributed by atoms with Crippen LogP contribution in [-0.4, -0.2) is 21.4 Å². The molecule has 0 heterocycles. The summed E-state index contributed by atoms with van der Waals surface area (Å²) in [5.41, 5.74) is 3.25. The van der Waals surface area contributed by atoms with Gasteiger partial charge in [0.05, 0.1) is 28.6 Å². The van der Waals surface area contributed by atoms with Crippen LogP contribution in [-0.2, 0) is 21.2 Å². The minimum absolute atomic E-state index is 0.130. The molecular weight excluding hydrogens is 398 g/mol. The van der Waals surface area contributed by atoms with Gasteiger partial charge >= 0.3 is 0 Å². The maximum atomic E-state index is 12.8. The largest absolute Gasteiger partial charge is 0.326 e. The molecule has 0 unspecified atom stereocenters. The number of nitrogens with one attached hydrogen (secondary N) is 1. The molecule has 0 saturated heterocycles. The maximum absolute atomic E-state index is 12.8. The second-order valence-electron chi connectivity index (χ2n) is 6.87. The van der Waals surface area contributed by atoms with Gasteiger partial charge in [-0.2, -0.15) is 5.26 Å². The van der Waals surface area contributed by atoms with Gasteiger partial charge in [-0.25, -0.2) is 8.42 Å². The van der Waals surface area contributed by atoms with Crippen LogP contribution >= 0.6 is 0 Å². The third-order valence-electron chi connectivity index (χ3n) is 4.62. The first kappa shape index (κ1) is 21.1. The lowest BCUT2D eigenvalue weighted by molar-refractivity contribution is -0.115. The molecule has 0 aliphatic carbocycles. The van der Waals surface area contributed by atoms with Gasteiger partial charge in [0.25, 0.3) is 10.0 Å². The summed E-state index contributed by atoms with van der Waals surface area (Å²) in [7, 11) is -2.17. The van der Waals surface area contributed by atoms with Crippen molar-refractivity contribution in [3.8, 4) is 6.07 Å². The van der Waals surface area contributed by atoms with Gasteiger partial charge in [-0.3, -0.25) is 9.10 Å². The second kappa shape index (κ2) is 8.80. The van der Waals surface area contributed by atoms with Crippen molar-refractivity contribution in [2.75, 3.05) is 16.7 Å². The number of rotatable bonds is 6. The van der Waals surface area contributed by atoms with E-state index in [1.807, 2.05) is 13.0 Å². The molecule has 0 bridgehead atoms. The van der Waals surface area contributed by atoms with Crippen LogP contribution in [0, 0.1) is 18.3 Å². The van der Waals surface area contributed by atoms with E-state index in [4.69, 9.17) is 5.26 Å². The van der Waals surface area contributed by atoms with Crippen LogP contribution in [0.15, 0.2) is 77.7 Å². The molecule has 3 aromatic carbocycles. The highest BCUT2D eigenvalue weighted by atomic mass is 32.2. The Kier molecular flexibility index (Phi) is 6.19. The third kappa shape index (κ3) is 4.85. The van der Waals surface area contributed by atoms with Crippen LogP contribution < -0.4 is 9.62 Å². The number of hydrogen-bond donors (Lipinski definition) is 1. The summed E-state index contributed by atoms with van der Waals surface area (Å²) < 4.78 is 26.8. The van der Waals surface area contributed by atoms with Crippen molar-refractivity contribution in [2.45, 2.75) is 18.2 Å². The number of nitrogens with zero attached hydrogens (tertiary/aromatic N) is 2. The lowest BCUT2D eigenvalue weighted by Crippen LogP contribution is -2.26. The van der Waals surface area contributed by atoms with Crippen LogP contribution in [0.3, 0.4) is 0 Å². The van der Waals surface area contributed by atoms with Gasteiger partial charge in [-0.1, -0.05) is 35.9 Å². The number of benzene rings is 3. The molecule has 0 aliphatic heterocycles. The van der Waals surface area contributed by atoms with E-state index in [-0.39, 0.29) is 17.2 Å². The van der Waals surface area contributed by atoms with Gasteiger partial charge < -0.3 is 5.32 Å². The van der Waals surface area contributed by atoms with Crippen molar-refractivity contribution in [1.82, 2.24) is 0 Å². The van der Waals surface area contributed by atoms with E-state index in [1.54, 1.807) is 72.8 Å². The quantitative estimate of drug-likeness (QED) is 0.657.